The lowest BCUT2D eigenvalue weighted by Gasteiger charge is -2.40. The van der Waals surface area contributed by atoms with E-state index in [1.165, 1.54) is 0 Å². The summed E-state index contributed by atoms with van der Waals surface area (Å²) < 4.78 is 5.62. The molecule has 3 unspecified atom stereocenters. The zero-order valence-corrected chi connectivity index (χ0v) is 13.3. The molecule has 0 aromatic heterocycles. The van der Waals surface area contributed by atoms with Crippen molar-refractivity contribution in [1.82, 2.24) is 4.90 Å². The zero-order chi connectivity index (χ0) is 15.6. The molecule has 2 aliphatic rings. The third-order valence-corrected chi connectivity index (χ3v) is 5.23. The molecule has 0 radical (unpaired) electrons. The highest BCUT2D eigenvalue weighted by atomic mass is 16.5. The Hall–Kier alpha value is -1.10. The van der Waals surface area contributed by atoms with Crippen LogP contribution >= 0.6 is 0 Å². The molecule has 1 amide bonds. The molecule has 0 bridgehead atoms. The normalized spacial score (nSPS) is 30.4. The molecule has 5 nitrogen and oxygen atoms in total. The van der Waals surface area contributed by atoms with Gasteiger partial charge in [0.25, 0.3) is 0 Å². The summed E-state index contributed by atoms with van der Waals surface area (Å²) in [5.41, 5.74) is -0.782. The Morgan fingerprint density at radius 2 is 2.05 bits per heavy atom. The molecular weight excluding hydrogens is 270 g/mol. The number of ether oxygens (including phenoxy) is 1. The van der Waals surface area contributed by atoms with Crippen molar-refractivity contribution < 1.29 is 19.4 Å². The van der Waals surface area contributed by atoms with Gasteiger partial charge in [0.2, 0.25) is 5.91 Å². The van der Waals surface area contributed by atoms with Gasteiger partial charge in [0.1, 0.15) is 0 Å². The number of hydrogen-bond donors (Lipinski definition) is 1. The molecule has 0 saturated carbocycles. The van der Waals surface area contributed by atoms with E-state index in [4.69, 9.17) is 4.74 Å². The molecule has 0 aliphatic carbocycles. The van der Waals surface area contributed by atoms with Crippen LogP contribution in [0.2, 0.25) is 0 Å². The average molecular weight is 297 g/mol. The number of carbonyl (C=O) groups excluding carboxylic acids is 1. The number of carboxylic acids is 1. The monoisotopic (exact) mass is 297 g/mol. The second-order valence-electron chi connectivity index (χ2n) is 6.86. The van der Waals surface area contributed by atoms with Crippen LogP contribution in [-0.2, 0) is 14.3 Å². The van der Waals surface area contributed by atoms with Crippen molar-refractivity contribution in [3.8, 4) is 0 Å². The Bertz CT molecular complexity index is 407. The van der Waals surface area contributed by atoms with Crippen molar-refractivity contribution in [2.75, 3.05) is 19.7 Å². The maximum absolute atomic E-state index is 12.7. The topological polar surface area (TPSA) is 66.8 Å². The average Bonchev–Trinajstić information content (AvgIpc) is 2.94. The third kappa shape index (κ3) is 3.23. The molecule has 2 fully saturated rings. The second kappa shape index (κ2) is 6.34. The summed E-state index contributed by atoms with van der Waals surface area (Å²) >= 11 is 0. The van der Waals surface area contributed by atoms with E-state index in [1.54, 1.807) is 13.8 Å². The molecule has 2 rings (SSSR count). The summed E-state index contributed by atoms with van der Waals surface area (Å²) in [6, 6.07) is 0. The van der Waals surface area contributed by atoms with E-state index in [1.807, 2.05) is 11.8 Å². The van der Waals surface area contributed by atoms with Crippen molar-refractivity contribution in [1.29, 1.82) is 0 Å². The fourth-order valence-electron chi connectivity index (χ4n) is 3.51. The minimum atomic E-state index is -0.782. The van der Waals surface area contributed by atoms with Crippen LogP contribution in [0.5, 0.6) is 0 Å². The first-order valence-electron chi connectivity index (χ1n) is 8.01. The maximum atomic E-state index is 12.7. The van der Waals surface area contributed by atoms with E-state index in [-0.39, 0.29) is 23.8 Å². The molecule has 1 N–H and O–H groups in total. The molecule has 2 aliphatic heterocycles. The summed E-state index contributed by atoms with van der Waals surface area (Å²) in [4.78, 5) is 26.0. The van der Waals surface area contributed by atoms with E-state index in [0.717, 1.165) is 32.2 Å². The van der Waals surface area contributed by atoms with Gasteiger partial charge >= 0.3 is 5.97 Å². The molecular formula is C16H27NO4. The third-order valence-electron chi connectivity index (χ3n) is 5.23. The highest BCUT2D eigenvalue weighted by Crippen LogP contribution is 2.35. The van der Waals surface area contributed by atoms with Gasteiger partial charge < -0.3 is 14.7 Å². The number of likely N-dealkylation sites (tertiary alicyclic amines) is 1. The van der Waals surface area contributed by atoms with Gasteiger partial charge in [-0.2, -0.15) is 0 Å². The van der Waals surface area contributed by atoms with Crippen LogP contribution in [0, 0.1) is 17.3 Å². The smallest absolute Gasteiger partial charge is 0.309 e. The first-order valence-corrected chi connectivity index (χ1v) is 8.01. The summed E-state index contributed by atoms with van der Waals surface area (Å²) in [6.45, 7) is 7.54. The van der Waals surface area contributed by atoms with Crippen molar-refractivity contribution in [2.24, 2.45) is 17.3 Å². The number of piperidine rings is 1. The van der Waals surface area contributed by atoms with Crippen molar-refractivity contribution in [3.05, 3.63) is 0 Å². The Morgan fingerprint density at radius 1 is 1.33 bits per heavy atom. The van der Waals surface area contributed by atoms with Crippen LogP contribution in [0.1, 0.15) is 46.5 Å². The molecule has 0 aromatic carbocycles. The fraction of sp³-hybridized carbons (Fsp3) is 0.875. The van der Waals surface area contributed by atoms with Crippen LogP contribution in [0.3, 0.4) is 0 Å². The number of carbonyl (C=O) groups is 2. The predicted molar refractivity (Wildman–Crippen MR) is 78.9 cm³/mol. The SMILES string of the molecule is CCC1OCCC1C(=O)N1CCCC(C(C)(C)C(=O)O)C1. The fourth-order valence-corrected chi connectivity index (χ4v) is 3.51. The van der Waals surface area contributed by atoms with Crippen LogP contribution in [0.4, 0.5) is 0 Å². The lowest BCUT2D eigenvalue weighted by molar-refractivity contribution is -0.154. The van der Waals surface area contributed by atoms with Gasteiger partial charge in [-0.15, -0.1) is 0 Å². The van der Waals surface area contributed by atoms with Crippen molar-refractivity contribution in [2.45, 2.75) is 52.6 Å². The van der Waals surface area contributed by atoms with Gasteiger partial charge in [0, 0.05) is 19.7 Å². The van der Waals surface area contributed by atoms with Crippen LogP contribution in [-0.4, -0.2) is 47.7 Å². The predicted octanol–water partition coefficient (Wildman–Crippen LogP) is 2.15. The van der Waals surface area contributed by atoms with Gasteiger partial charge in [-0.25, -0.2) is 0 Å². The summed E-state index contributed by atoms with van der Waals surface area (Å²) in [7, 11) is 0. The zero-order valence-electron chi connectivity index (χ0n) is 13.3. The number of nitrogens with zero attached hydrogens (tertiary/aromatic N) is 1. The van der Waals surface area contributed by atoms with Crippen molar-refractivity contribution in [3.63, 3.8) is 0 Å². The molecule has 0 aromatic rings. The molecule has 0 spiro atoms. The van der Waals surface area contributed by atoms with Crippen LogP contribution < -0.4 is 0 Å². The standard InChI is InChI=1S/C16H27NO4/c1-4-13-12(7-9-21-13)14(18)17-8-5-6-11(10-17)16(2,3)15(19)20/h11-13H,4-10H2,1-3H3,(H,19,20). The summed E-state index contributed by atoms with van der Waals surface area (Å²) in [6.07, 6.45) is 3.44. The van der Waals surface area contributed by atoms with Crippen LogP contribution in [0.15, 0.2) is 0 Å². The van der Waals surface area contributed by atoms with E-state index >= 15 is 0 Å². The van der Waals surface area contributed by atoms with Gasteiger partial charge in [-0.05, 0) is 45.4 Å². The first kappa shape index (κ1) is 16.3. The number of amides is 1. The minimum Gasteiger partial charge on any atom is -0.481 e. The maximum Gasteiger partial charge on any atom is 0.309 e. The van der Waals surface area contributed by atoms with Gasteiger partial charge in [-0.3, -0.25) is 9.59 Å². The minimum absolute atomic E-state index is 0.0232. The lowest BCUT2D eigenvalue weighted by atomic mass is 9.74. The highest BCUT2D eigenvalue weighted by molar-refractivity contribution is 5.80. The first-order chi connectivity index (χ1) is 9.87. The second-order valence-corrected chi connectivity index (χ2v) is 6.86. The Morgan fingerprint density at radius 3 is 2.67 bits per heavy atom. The summed E-state index contributed by atoms with van der Waals surface area (Å²) in [5, 5.41) is 9.39. The van der Waals surface area contributed by atoms with Crippen LogP contribution in [0.25, 0.3) is 0 Å². The highest BCUT2D eigenvalue weighted by Gasteiger charge is 2.42. The number of hydrogen-bond acceptors (Lipinski definition) is 3. The Kier molecular flexibility index (Phi) is 4.91. The molecule has 5 heteroatoms. The number of carboxylic acid groups (broad SMARTS) is 1. The lowest BCUT2D eigenvalue weighted by Crippen LogP contribution is -2.49. The quantitative estimate of drug-likeness (QED) is 0.863. The van der Waals surface area contributed by atoms with Gasteiger partial charge in [-0.1, -0.05) is 6.92 Å². The number of rotatable bonds is 4. The van der Waals surface area contributed by atoms with E-state index < -0.39 is 11.4 Å². The van der Waals surface area contributed by atoms with E-state index in [9.17, 15) is 14.7 Å². The molecule has 21 heavy (non-hydrogen) atoms. The van der Waals surface area contributed by atoms with Crippen molar-refractivity contribution >= 4 is 11.9 Å². The Balaban J connectivity index is 2.04. The molecule has 2 saturated heterocycles. The Labute approximate surface area is 126 Å². The number of aliphatic carboxylic acids is 1. The van der Waals surface area contributed by atoms with Gasteiger partial charge in [0.15, 0.2) is 0 Å². The summed E-state index contributed by atoms with van der Waals surface area (Å²) in [5.74, 6) is -0.639. The largest absolute Gasteiger partial charge is 0.481 e. The van der Waals surface area contributed by atoms with Gasteiger partial charge in [0.05, 0.1) is 17.4 Å². The van der Waals surface area contributed by atoms with E-state index in [0.29, 0.717) is 13.2 Å². The van der Waals surface area contributed by atoms with E-state index in [2.05, 4.69) is 0 Å². The molecule has 3 atom stereocenters. The molecule has 2 heterocycles. The molecule has 120 valence electrons.